The summed E-state index contributed by atoms with van der Waals surface area (Å²) in [4.78, 5) is 38.9. The standard InChI is InChI=1S/C24H24N2O5/c25-12-5-7-13(8-6-12)26-24(31)11-9-16-17(10-11)23(30)19-18(22(16)29)20(27)14-3-1-2-4-15(14)21(19)28/h1-4,11-13,29-30H,5-10,25H2,(H,26,31). The van der Waals surface area contributed by atoms with E-state index in [1.807, 2.05) is 0 Å². The lowest BCUT2D eigenvalue weighted by atomic mass is 9.81. The van der Waals surface area contributed by atoms with Gasteiger partial charge in [-0.05, 0) is 38.5 Å². The first-order valence-corrected chi connectivity index (χ1v) is 10.7. The van der Waals surface area contributed by atoms with Crippen molar-refractivity contribution in [1.82, 2.24) is 5.32 Å². The number of hydrogen-bond acceptors (Lipinski definition) is 6. The summed E-state index contributed by atoms with van der Waals surface area (Å²) in [6, 6.07) is 6.63. The fraction of sp³-hybridized carbons (Fsp3) is 0.375. The van der Waals surface area contributed by atoms with Crippen molar-refractivity contribution < 1.29 is 24.6 Å². The van der Waals surface area contributed by atoms with Gasteiger partial charge in [0, 0.05) is 40.3 Å². The highest BCUT2D eigenvalue weighted by molar-refractivity contribution is 6.30. The quantitative estimate of drug-likeness (QED) is 0.469. The molecule has 0 heterocycles. The molecule has 2 aromatic rings. The molecule has 5 N–H and O–H groups in total. The van der Waals surface area contributed by atoms with E-state index in [0.717, 1.165) is 25.7 Å². The number of carbonyl (C=O) groups excluding carboxylic acids is 3. The third-order valence-corrected chi connectivity index (χ3v) is 6.92. The van der Waals surface area contributed by atoms with Crippen LogP contribution in [-0.2, 0) is 17.6 Å². The maximum atomic E-state index is 13.0. The molecule has 2 aromatic carbocycles. The predicted octanol–water partition coefficient (Wildman–Crippen LogP) is 1.97. The number of benzene rings is 2. The van der Waals surface area contributed by atoms with Crippen molar-refractivity contribution >= 4 is 17.5 Å². The van der Waals surface area contributed by atoms with Crippen molar-refractivity contribution in [2.75, 3.05) is 0 Å². The number of phenolic OH excluding ortho intramolecular Hbond substituents is 2. The zero-order chi connectivity index (χ0) is 21.9. The molecular formula is C24H24N2O5. The minimum atomic E-state index is -0.493. The van der Waals surface area contributed by atoms with Gasteiger partial charge >= 0.3 is 0 Å². The van der Waals surface area contributed by atoms with Crippen molar-refractivity contribution in [3.05, 3.63) is 57.6 Å². The second-order valence-electron chi connectivity index (χ2n) is 8.83. The van der Waals surface area contributed by atoms with Crippen LogP contribution in [0.15, 0.2) is 24.3 Å². The summed E-state index contributed by atoms with van der Waals surface area (Å²) in [5.41, 5.74) is 6.77. The molecule has 3 aliphatic carbocycles. The Bertz CT molecular complexity index is 1060. The SMILES string of the molecule is NC1CCC(NC(=O)C2Cc3c(O)c4c(c(O)c3C2)C(=O)c2ccccc2C4=O)CC1. The van der Waals surface area contributed by atoms with Gasteiger partial charge in [0.2, 0.25) is 5.91 Å². The summed E-state index contributed by atoms with van der Waals surface area (Å²) >= 11 is 0. The van der Waals surface area contributed by atoms with Crippen LogP contribution in [0.1, 0.15) is 68.7 Å². The molecule has 7 nitrogen and oxygen atoms in total. The van der Waals surface area contributed by atoms with Gasteiger partial charge in [-0.15, -0.1) is 0 Å². The zero-order valence-electron chi connectivity index (χ0n) is 17.0. The maximum Gasteiger partial charge on any atom is 0.224 e. The van der Waals surface area contributed by atoms with E-state index >= 15 is 0 Å². The summed E-state index contributed by atoms with van der Waals surface area (Å²) in [5.74, 6) is -2.20. The number of rotatable bonds is 2. The molecule has 0 spiro atoms. The van der Waals surface area contributed by atoms with Crippen LogP contribution in [0.5, 0.6) is 11.5 Å². The van der Waals surface area contributed by atoms with Crippen LogP contribution in [0.25, 0.3) is 0 Å². The molecular weight excluding hydrogens is 396 g/mol. The summed E-state index contributed by atoms with van der Waals surface area (Å²) < 4.78 is 0. The number of nitrogens with two attached hydrogens (primary N) is 1. The van der Waals surface area contributed by atoms with E-state index in [9.17, 15) is 24.6 Å². The summed E-state index contributed by atoms with van der Waals surface area (Å²) in [7, 11) is 0. The van der Waals surface area contributed by atoms with E-state index in [0.29, 0.717) is 11.1 Å². The number of ketones is 2. The molecule has 0 atom stereocenters. The molecule has 0 aromatic heterocycles. The number of fused-ring (bicyclic) bond motifs is 3. The van der Waals surface area contributed by atoms with Gasteiger partial charge in [0.1, 0.15) is 11.5 Å². The number of aromatic hydroxyl groups is 2. The highest BCUT2D eigenvalue weighted by Gasteiger charge is 2.41. The highest BCUT2D eigenvalue weighted by atomic mass is 16.3. The zero-order valence-corrected chi connectivity index (χ0v) is 17.0. The van der Waals surface area contributed by atoms with Gasteiger partial charge < -0.3 is 21.3 Å². The molecule has 7 heteroatoms. The van der Waals surface area contributed by atoms with Crippen LogP contribution >= 0.6 is 0 Å². The average Bonchev–Trinajstić information content (AvgIpc) is 3.23. The number of phenols is 2. The lowest BCUT2D eigenvalue weighted by Gasteiger charge is -2.27. The molecule has 3 aliphatic rings. The number of amides is 1. The number of nitrogens with one attached hydrogen (secondary N) is 1. The van der Waals surface area contributed by atoms with Crippen molar-refractivity contribution in [3.8, 4) is 11.5 Å². The maximum absolute atomic E-state index is 13.0. The molecule has 1 amide bonds. The van der Waals surface area contributed by atoms with Gasteiger partial charge in [-0.25, -0.2) is 0 Å². The lowest BCUT2D eigenvalue weighted by Crippen LogP contribution is -2.43. The Morgan fingerprint density at radius 1 is 0.871 bits per heavy atom. The van der Waals surface area contributed by atoms with E-state index in [4.69, 9.17) is 5.73 Å². The molecule has 0 bridgehead atoms. The second-order valence-corrected chi connectivity index (χ2v) is 8.83. The lowest BCUT2D eigenvalue weighted by molar-refractivity contribution is -0.125. The first kappa shape index (κ1) is 19.8. The minimum Gasteiger partial charge on any atom is -0.507 e. The summed E-state index contributed by atoms with van der Waals surface area (Å²) in [5, 5.41) is 24.9. The Labute approximate surface area is 179 Å². The van der Waals surface area contributed by atoms with Crippen LogP contribution in [0.3, 0.4) is 0 Å². The third-order valence-electron chi connectivity index (χ3n) is 6.92. The van der Waals surface area contributed by atoms with Crippen molar-refractivity contribution in [2.45, 2.75) is 50.6 Å². The van der Waals surface area contributed by atoms with Crippen LogP contribution in [-0.4, -0.2) is 39.8 Å². The molecule has 1 fully saturated rings. The molecule has 0 radical (unpaired) electrons. The molecule has 0 saturated heterocycles. The Morgan fingerprint density at radius 3 is 1.84 bits per heavy atom. The Kier molecular flexibility index (Phi) is 4.59. The van der Waals surface area contributed by atoms with Gasteiger partial charge in [-0.2, -0.15) is 0 Å². The Balaban J connectivity index is 1.46. The topological polar surface area (TPSA) is 130 Å². The van der Waals surface area contributed by atoms with Crippen LogP contribution in [0.2, 0.25) is 0 Å². The third kappa shape index (κ3) is 3.03. The van der Waals surface area contributed by atoms with E-state index in [1.165, 1.54) is 12.1 Å². The molecule has 0 aliphatic heterocycles. The van der Waals surface area contributed by atoms with Gasteiger partial charge in [-0.3, -0.25) is 14.4 Å². The smallest absolute Gasteiger partial charge is 0.224 e. The number of carbonyl (C=O) groups is 3. The van der Waals surface area contributed by atoms with E-state index in [2.05, 4.69) is 5.32 Å². The van der Waals surface area contributed by atoms with Gasteiger partial charge in [0.15, 0.2) is 11.6 Å². The van der Waals surface area contributed by atoms with E-state index in [1.54, 1.807) is 12.1 Å². The summed E-state index contributed by atoms with van der Waals surface area (Å²) in [6.07, 6.45) is 3.83. The van der Waals surface area contributed by atoms with Crippen LogP contribution < -0.4 is 11.1 Å². The van der Waals surface area contributed by atoms with Crippen molar-refractivity contribution in [3.63, 3.8) is 0 Å². The van der Waals surface area contributed by atoms with Crippen LogP contribution in [0.4, 0.5) is 0 Å². The minimum absolute atomic E-state index is 0.0732. The van der Waals surface area contributed by atoms with Gasteiger partial charge in [0.05, 0.1) is 11.1 Å². The molecule has 160 valence electrons. The normalized spacial score (nSPS) is 22.6. The Morgan fingerprint density at radius 2 is 1.35 bits per heavy atom. The molecule has 31 heavy (non-hydrogen) atoms. The largest absolute Gasteiger partial charge is 0.507 e. The molecule has 1 saturated carbocycles. The predicted molar refractivity (Wildman–Crippen MR) is 112 cm³/mol. The Hall–Kier alpha value is -3.19. The van der Waals surface area contributed by atoms with Crippen molar-refractivity contribution in [1.29, 1.82) is 0 Å². The van der Waals surface area contributed by atoms with Crippen LogP contribution in [0, 0.1) is 5.92 Å². The number of hydrogen-bond donors (Lipinski definition) is 4. The monoisotopic (exact) mass is 420 g/mol. The fourth-order valence-corrected chi connectivity index (χ4v) is 5.19. The van der Waals surface area contributed by atoms with E-state index < -0.39 is 17.5 Å². The summed E-state index contributed by atoms with van der Waals surface area (Å²) in [6.45, 7) is 0. The van der Waals surface area contributed by atoms with Crippen molar-refractivity contribution in [2.24, 2.45) is 11.7 Å². The van der Waals surface area contributed by atoms with Gasteiger partial charge in [-0.1, -0.05) is 24.3 Å². The molecule has 0 unspecified atom stereocenters. The fourth-order valence-electron chi connectivity index (χ4n) is 5.19. The van der Waals surface area contributed by atoms with Gasteiger partial charge in [0.25, 0.3) is 0 Å². The van der Waals surface area contributed by atoms with E-state index in [-0.39, 0.29) is 64.6 Å². The highest BCUT2D eigenvalue weighted by Crippen LogP contribution is 2.47. The first-order valence-electron chi connectivity index (χ1n) is 10.7. The second kappa shape index (κ2) is 7.20. The molecule has 5 rings (SSSR count). The average molecular weight is 420 g/mol. The first-order chi connectivity index (χ1) is 14.9.